The Labute approximate surface area is 194 Å². The predicted molar refractivity (Wildman–Crippen MR) is 121 cm³/mol. The van der Waals surface area contributed by atoms with Crippen LogP contribution in [0.3, 0.4) is 0 Å². The first-order valence-corrected chi connectivity index (χ1v) is 11.4. The largest absolute Gasteiger partial charge is 0.444 e. The second-order valence-electron chi connectivity index (χ2n) is 8.71. The lowest BCUT2D eigenvalue weighted by molar-refractivity contribution is -0.116. The van der Waals surface area contributed by atoms with Crippen molar-refractivity contribution in [2.24, 2.45) is 0 Å². The number of carbonyl (C=O) groups excluding carboxylic acids is 2. The normalized spacial score (nSPS) is 13.5. The van der Waals surface area contributed by atoms with E-state index in [2.05, 4.69) is 15.3 Å². The average molecular weight is 473 g/mol. The Bertz CT molecular complexity index is 1150. The van der Waals surface area contributed by atoms with Crippen molar-refractivity contribution in [3.63, 3.8) is 0 Å². The van der Waals surface area contributed by atoms with Crippen molar-refractivity contribution in [3.05, 3.63) is 52.7 Å². The maximum absolute atomic E-state index is 13.1. The Kier molecular flexibility index (Phi) is 6.46. The first kappa shape index (κ1) is 22.9. The molecule has 0 fully saturated rings. The highest BCUT2D eigenvalue weighted by Crippen LogP contribution is 2.29. The number of carbonyl (C=O) groups is 2. The van der Waals surface area contributed by atoms with Crippen LogP contribution in [-0.2, 0) is 28.9 Å². The molecule has 0 atom stereocenters. The molecule has 0 saturated heterocycles. The van der Waals surface area contributed by atoms with Gasteiger partial charge in [-0.2, -0.15) is 0 Å². The first-order chi connectivity index (χ1) is 15.7. The van der Waals surface area contributed by atoms with E-state index >= 15 is 0 Å². The Morgan fingerprint density at radius 2 is 2.03 bits per heavy atom. The summed E-state index contributed by atoms with van der Waals surface area (Å²) in [4.78, 5) is 36.0. The third kappa shape index (κ3) is 5.95. The number of oxazole rings is 1. The molecule has 2 amide bonds. The van der Waals surface area contributed by atoms with E-state index < -0.39 is 5.60 Å². The molecule has 1 aliphatic heterocycles. The maximum Gasteiger partial charge on any atom is 0.410 e. The molecular weight excluding hydrogens is 447 g/mol. The molecule has 2 aromatic heterocycles. The van der Waals surface area contributed by atoms with E-state index in [1.165, 1.54) is 23.5 Å². The predicted octanol–water partition coefficient (Wildman–Crippen LogP) is 4.80. The molecule has 0 bridgehead atoms. The molecule has 1 aliphatic rings. The molecule has 10 heteroatoms. The highest BCUT2D eigenvalue weighted by molar-refractivity contribution is 7.15. The summed E-state index contributed by atoms with van der Waals surface area (Å²) in [6, 6.07) is 5.93. The average Bonchev–Trinajstić information content (AvgIpc) is 3.37. The number of hydrogen-bond acceptors (Lipinski definition) is 7. The van der Waals surface area contributed by atoms with Crippen molar-refractivity contribution >= 4 is 28.5 Å². The summed E-state index contributed by atoms with van der Waals surface area (Å²) in [5.41, 5.74) is 1.06. The third-order valence-corrected chi connectivity index (χ3v) is 5.88. The van der Waals surface area contributed by atoms with Gasteiger partial charge in [0.25, 0.3) is 0 Å². The number of rotatable bonds is 5. The molecule has 4 rings (SSSR count). The number of halogens is 1. The lowest BCUT2D eigenvalue weighted by Gasteiger charge is -2.29. The molecule has 1 aromatic carbocycles. The summed E-state index contributed by atoms with van der Waals surface area (Å²) >= 11 is 1.36. The van der Waals surface area contributed by atoms with Gasteiger partial charge < -0.3 is 19.4 Å². The van der Waals surface area contributed by atoms with Crippen molar-refractivity contribution in [3.8, 4) is 11.3 Å². The van der Waals surface area contributed by atoms with E-state index in [1.807, 2.05) is 20.8 Å². The van der Waals surface area contributed by atoms with Crippen LogP contribution in [0.4, 0.5) is 14.3 Å². The smallest absolute Gasteiger partial charge is 0.410 e. The van der Waals surface area contributed by atoms with Gasteiger partial charge in [0.1, 0.15) is 11.4 Å². The standard InChI is InChI=1S/C23H25FN4O4S/c1-23(2,3)32-22(30)28-11-10-16-18(13-28)33-21(26-16)27-19(29)8-9-20-25-12-17(31-20)14-4-6-15(24)7-5-14/h4-7,12H,8-11,13H2,1-3H3,(H,26,27,29). The second kappa shape index (κ2) is 9.30. The number of aryl methyl sites for hydroxylation is 1. The van der Waals surface area contributed by atoms with Gasteiger partial charge in [0.05, 0.1) is 18.4 Å². The fourth-order valence-electron chi connectivity index (χ4n) is 3.31. The summed E-state index contributed by atoms with van der Waals surface area (Å²) in [6.07, 6.45) is 2.33. The Hall–Kier alpha value is -3.27. The number of hydrogen-bond donors (Lipinski definition) is 1. The summed E-state index contributed by atoms with van der Waals surface area (Å²) < 4.78 is 24.2. The van der Waals surface area contributed by atoms with Gasteiger partial charge in [0, 0.05) is 36.2 Å². The Morgan fingerprint density at radius 1 is 1.27 bits per heavy atom. The number of fused-ring (bicyclic) bond motifs is 1. The molecule has 33 heavy (non-hydrogen) atoms. The molecule has 3 heterocycles. The summed E-state index contributed by atoms with van der Waals surface area (Å²) in [5.74, 6) is 0.423. The van der Waals surface area contributed by atoms with Crippen molar-refractivity contribution in [2.45, 2.75) is 52.2 Å². The fraction of sp³-hybridized carbons (Fsp3) is 0.391. The van der Waals surface area contributed by atoms with Crippen LogP contribution < -0.4 is 5.32 Å². The van der Waals surface area contributed by atoms with Crippen LogP contribution in [0, 0.1) is 5.82 Å². The molecule has 0 unspecified atom stereocenters. The number of aromatic nitrogens is 2. The number of amides is 2. The van der Waals surface area contributed by atoms with Crippen LogP contribution in [0.1, 0.15) is 43.7 Å². The van der Waals surface area contributed by atoms with Crippen molar-refractivity contribution in [1.82, 2.24) is 14.9 Å². The molecule has 0 saturated carbocycles. The van der Waals surface area contributed by atoms with Gasteiger partial charge in [-0.15, -0.1) is 0 Å². The van der Waals surface area contributed by atoms with Crippen molar-refractivity contribution in [1.29, 1.82) is 0 Å². The lowest BCUT2D eigenvalue weighted by atomic mass is 10.2. The van der Waals surface area contributed by atoms with Gasteiger partial charge in [-0.05, 0) is 45.0 Å². The molecule has 174 valence electrons. The lowest BCUT2D eigenvalue weighted by Crippen LogP contribution is -2.39. The highest BCUT2D eigenvalue weighted by Gasteiger charge is 2.28. The number of ether oxygens (including phenoxy) is 1. The van der Waals surface area contributed by atoms with E-state index in [-0.39, 0.29) is 24.2 Å². The number of thiazole rings is 1. The third-order valence-electron chi connectivity index (χ3n) is 4.88. The summed E-state index contributed by atoms with van der Waals surface area (Å²) in [6.45, 7) is 6.45. The van der Waals surface area contributed by atoms with Gasteiger partial charge >= 0.3 is 6.09 Å². The SMILES string of the molecule is CC(C)(C)OC(=O)N1CCc2nc(NC(=O)CCc3ncc(-c4ccc(F)cc4)o3)sc2C1. The van der Waals surface area contributed by atoms with E-state index in [4.69, 9.17) is 9.15 Å². The zero-order valence-corrected chi connectivity index (χ0v) is 19.5. The molecule has 0 aliphatic carbocycles. The minimum atomic E-state index is -0.549. The van der Waals surface area contributed by atoms with Crippen LogP contribution in [0.5, 0.6) is 0 Å². The number of benzene rings is 1. The first-order valence-electron chi connectivity index (χ1n) is 10.6. The molecule has 1 N–H and O–H groups in total. The highest BCUT2D eigenvalue weighted by atomic mass is 32.1. The van der Waals surface area contributed by atoms with Gasteiger partial charge in [-0.1, -0.05) is 11.3 Å². The van der Waals surface area contributed by atoms with Crippen LogP contribution in [0.15, 0.2) is 34.9 Å². The Balaban J connectivity index is 1.30. The van der Waals surface area contributed by atoms with E-state index in [1.54, 1.807) is 23.2 Å². The summed E-state index contributed by atoms with van der Waals surface area (Å²) in [7, 11) is 0. The van der Waals surface area contributed by atoms with Crippen molar-refractivity contribution in [2.75, 3.05) is 11.9 Å². The molecule has 0 radical (unpaired) electrons. The van der Waals surface area contributed by atoms with Gasteiger partial charge in [-0.25, -0.2) is 19.2 Å². The minimum absolute atomic E-state index is 0.178. The van der Waals surface area contributed by atoms with Gasteiger partial charge in [-0.3, -0.25) is 4.79 Å². The van der Waals surface area contributed by atoms with Crippen LogP contribution in [-0.4, -0.2) is 39.0 Å². The molecule has 0 spiro atoms. The Morgan fingerprint density at radius 3 is 2.76 bits per heavy atom. The van der Waals surface area contributed by atoms with Crippen LogP contribution in [0.25, 0.3) is 11.3 Å². The number of nitrogens with one attached hydrogen (secondary N) is 1. The minimum Gasteiger partial charge on any atom is -0.444 e. The monoisotopic (exact) mass is 472 g/mol. The molecular formula is C23H25FN4O4S. The van der Waals surface area contributed by atoms with Gasteiger partial charge in [0.15, 0.2) is 16.8 Å². The fourth-order valence-corrected chi connectivity index (χ4v) is 4.35. The topological polar surface area (TPSA) is 97.6 Å². The van der Waals surface area contributed by atoms with E-state index in [0.717, 1.165) is 10.6 Å². The number of nitrogens with zero attached hydrogens (tertiary/aromatic N) is 3. The van der Waals surface area contributed by atoms with Gasteiger partial charge in [0.2, 0.25) is 5.91 Å². The quantitative estimate of drug-likeness (QED) is 0.573. The molecule has 8 nitrogen and oxygen atoms in total. The van der Waals surface area contributed by atoms with Crippen LogP contribution in [0.2, 0.25) is 0 Å². The number of anilines is 1. The van der Waals surface area contributed by atoms with E-state index in [0.29, 0.717) is 48.3 Å². The zero-order chi connectivity index (χ0) is 23.6. The molecule has 3 aromatic rings. The maximum atomic E-state index is 13.1. The van der Waals surface area contributed by atoms with Crippen LogP contribution >= 0.6 is 11.3 Å². The van der Waals surface area contributed by atoms with Crippen molar-refractivity contribution < 1.29 is 23.1 Å². The second-order valence-corrected chi connectivity index (χ2v) is 9.80. The summed E-state index contributed by atoms with van der Waals surface area (Å²) in [5, 5.41) is 3.33. The van der Waals surface area contributed by atoms with E-state index in [9.17, 15) is 14.0 Å². The zero-order valence-electron chi connectivity index (χ0n) is 18.7.